The Balaban J connectivity index is 1.75. The number of fused-ring (bicyclic) bond motifs is 1. The van der Waals surface area contributed by atoms with E-state index in [1.54, 1.807) is 6.07 Å². The lowest BCUT2D eigenvalue weighted by atomic mass is 10.0. The largest absolute Gasteiger partial charge is 0.493 e. The predicted octanol–water partition coefficient (Wildman–Crippen LogP) is 3.40. The van der Waals surface area contributed by atoms with Crippen molar-refractivity contribution in [2.45, 2.75) is 18.9 Å². The summed E-state index contributed by atoms with van der Waals surface area (Å²) in [6.45, 7) is 0.454. The molecule has 5 nitrogen and oxygen atoms in total. The Morgan fingerprint density at radius 1 is 1.30 bits per heavy atom. The van der Waals surface area contributed by atoms with Gasteiger partial charge < -0.3 is 15.4 Å². The molecule has 2 heterocycles. The van der Waals surface area contributed by atoms with Gasteiger partial charge in [0.2, 0.25) is 0 Å². The van der Waals surface area contributed by atoms with Crippen LogP contribution in [0.5, 0.6) is 5.75 Å². The van der Waals surface area contributed by atoms with Gasteiger partial charge in [-0.05, 0) is 25.0 Å². The normalized spacial score (nSPS) is 16.7. The molecule has 7 heteroatoms. The molecule has 0 saturated carbocycles. The number of nitrogens with one attached hydrogen (secondary N) is 2. The summed E-state index contributed by atoms with van der Waals surface area (Å²) in [4.78, 5) is 15.7. The number of carbonyl (C=O) groups excluding carboxylic acids is 1. The second-order valence-electron chi connectivity index (χ2n) is 5.18. The Morgan fingerprint density at radius 3 is 3.00 bits per heavy atom. The molecule has 0 spiro atoms. The Labute approximate surface area is 131 Å². The predicted molar refractivity (Wildman–Crippen MR) is 80.2 cm³/mol. The fourth-order valence-corrected chi connectivity index (χ4v) is 2.49. The van der Waals surface area contributed by atoms with Gasteiger partial charge in [0.25, 0.3) is 0 Å². The number of ether oxygens (including phenoxy) is 1. The molecule has 1 aromatic carbocycles. The number of urea groups is 1. The molecule has 0 aliphatic carbocycles. The maximum atomic E-state index is 13.5. The van der Waals surface area contributed by atoms with Gasteiger partial charge in [0.1, 0.15) is 11.6 Å². The van der Waals surface area contributed by atoms with Crippen LogP contribution in [-0.2, 0) is 0 Å². The number of rotatable bonds is 2. The van der Waals surface area contributed by atoms with Crippen molar-refractivity contribution in [1.29, 1.82) is 0 Å². The van der Waals surface area contributed by atoms with Crippen molar-refractivity contribution in [2.24, 2.45) is 0 Å². The Bertz CT molecular complexity index is 724. The van der Waals surface area contributed by atoms with Gasteiger partial charge in [0.15, 0.2) is 5.82 Å². The second kappa shape index (κ2) is 6.60. The smallest absolute Gasteiger partial charge is 0.319 e. The molecule has 0 fully saturated rings. The van der Waals surface area contributed by atoms with Gasteiger partial charge in [-0.1, -0.05) is 6.07 Å². The highest BCUT2D eigenvalue weighted by molar-refractivity contribution is 5.89. The van der Waals surface area contributed by atoms with Crippen LogP contribution in [0, 0.1) is 11.6 Å². The van der Waals surface area contributed by atoms with Gasteiger partial charge in [0.05, 0.1) is 24.5 Å². The third kappa shape index (κ3) is 3.56. The van der Waals surface area contributed by atoms with Gasteiger partial charge in [0, 0.05) is 17.8 Å². The molecule has 2 N–H and O–H groups in total. The minimum atomic E-state index is -0.616. The van der Waals surface area contributed by atoms with Crippen molar-refractivity contribution in [3.05, 3.63) is 53.9 Å². The molecule has 1 aliphatic heterocycles. The molecule has 1 aromatic heterocycles. The van der Waals surface area contributed by atoms with E-state index < -0.39 is 17.7 Å². The highest BCUT2D eigenvalue weighted by atomic mass is 19.1. The average molecular weight is 319 g/mol. The van der Waals surface area contributed by atoms with Gasteiger partial charge in [-0.25, -0.2) is 13.6 Å². The van der Waals surface area contributed by atoms with Crippen LogP contribution in [0.25, 0.3) is 0 Å². The van der Waals surface area contributed by atoms with E-state index in [2.05, 4.69) is 15.6 Å². The number of carbonyl (C=O) groups is 1. The number of halogens is 2. The fraction of sp³-hybridized carbons (Fsp3) is 0.250. The zero-order valence-electron chi connectivity index (χ0n) is 12.2. The van der Waals surface area contributed by atoms with Gasteiger partial charge in [-0.3, -0.25) is 4.98 Å². The van der Waals surface area contributed by atoms with E-state index >= 15 is 0 Å². The highest BCUT2D eigenvalue weighted by Crippen LogP contribution is 2.32. The monoisotopic (exact) mass is 319 g/mol. The molecule has 23 heavy (non-hydrogen) atoms. The maximum Gasteiger partial charge on any atom is 0.319 e. The molecule has 1 aliphatic rings. The number of amides is 2. The number of nitrogens with zero attached hydrogens (tertiary/aromatic N) is 1. The molecule has 0 saturated heterocycles. The Kier molecular flexibility index (Phi) is 4.36. The lowest BCUT2D eigenvalue weighted by Gasteiger charge is -2.19. The number of aromatic nitrogens is 1. The fourth-order valence-electron chi connectivity index (χ4n) is 2.49. The summed E-state index contributed by atoms with van der Waals surface area (Å²) >= 11 is 0. The van der Waals surface area contributed by atoms with E-state index in [0.717, 1.165) is 6.20 Å². The van der Waals surface area contributed by atoms with E-state index in [0.29, 0.717) is 30.8 Å². The van der Waals surface area contributed by atoms with Crippen molar-refractivity contribution >= 4 is 11.7 Å². The van der Waals surface area contributed by atoms with Crippen LogP contribution in [0.15, 0.2) is 36.7 Å². The Morgan fingerprint density at radius 2 is 2.17 bits per heavy atom. The summed E-state index contributed by atoms with van der Waals surface area (Å²) < 4.78 is 32.3. The number of benzene rings is 1. The van der Waals surface area contributed by atoms with E-state index in [4.69, 9.17) is 4.74 Å². The number of hydrogen-bond donors (Lipinski definition) is 2. The van der Waals surface area contributed by atoms with Crippen LogP contribution < -0.4 is 15.4 Å². The summed E-state index contributed by atoms with van der Waals surface area (Å²) in [5.41, 5.74) is 0.746. The van der Waals surface area contributed by atoms with Crippen LogP contribution in [0.4, 0.5) is 19.3 Å². The lowest BCUT2D eigenvalue weighted by molar-refractivity contribution is 0.247. The summed E-state index contributed by atoms with van der Waals surface area (Å²) in [5, 5.41) is 5.21. The van der Waals surface area contributed by atoms with Crippen LogP contribution in [0.2, 0.25) is 0 Å². The maximum absolute atomic E-state index is 13.5. The third-order valence-electron chi connectivity index (χ3n) is 3.57. The standard InChI is InChI=1S/C16H15F2N3O2/c17-10-3-4-11-13(2-1-7-23-15(11)8-10)20-16(22)21-14-5-6-19-9-12(14)18/h3-6,8-9,13H,1-2,7H2,(H2,19,20,21,22). The van der Waals surface area contributed by atoms with Crippen LogP contribution in [-0.4, -0.2) is 17.6 Å². The van der Waals surface area contributed by atoms with E-state index in [1.165, 1.54) is 24.4 Å². The van der Waals surface area contributed by atoms with Crippen molar-refractivity contribution in [2.75, 3.05) is 11.9 Å². The van der Waals surface area contributed by atoms with Crippen LogP contribution in [0.3, 0.4) is 0 Å². The molecule has 0 bridgehead atoms. The topological polar surface area (TPSA) is 63.2 Å². The van der Waals surface area contributed by atoms with Crippen molar-refractivity contribution < 1.29 is 18.3 Å². The first-order valence-corrected chi connectivity index (χ1v) is 7.23. The summed E-state index contributed by atoms with van der Waals surface area (Å²) in [6.07, 6.45) is 3.76. The van der Waals surface area contributed by atoms with Gasteiger partial charge in [-0.2, -0.15) is 0 Å². The molecular formula is C16H15F2N3O2. The van der Waals surface area contributed by atoms with Gasteiger partial charge >= 0.3 is 6.03 Å². The summed E-state index contributed by atoms with van der Waals surface area (Å²) in [6, 6.07) is 4.70. The molecule has 2 aromatic rings. The molecule has 120 valence electrons. The number of pyridine rings is 1. The first-order valence-electron chi connectivity index (χ1n) is 7.23. The van der Waals surface area contributed by atoms with Crippen LogP contribution in [0.1, 0.15) is 24.4 Å². The molecule has 0 radical (unpaired) electrons. The second-order valence-corrected chi connectivity index (χ2v) is 5.18. The minimum Gasteiger partial charge on any atom is -0.493 e. The quantitative estimate of drug-likeness (QED) is 0.892. The first-order chi connectivity index (χ1) is 11.1. The minimum absolute atomic E-state index is 0.0432. The number of anilines is 1. The zero-order chi connectivity index (χ0) is 16.2. The van der Waals surface area contributed by atoms with E-state index in [9.17, 15) is 13.6 Å². The van der Waals surface area contributed by atoms with Crippen LogP contribution >= 0.6 is 0 Å². The molecular weight excluding hydrogens is 304 g/mol. The SMILES string of the molecule is O=C(Nc1ccncc1F)NC1CCCOc2cc(F)ccc21. The van der Waals surface area contributed by atoms with E-state index in [1.807, 2.05) is 0 Å². The number of hydrogen-bond acceptors (Lipinski definition) is 3. The average Bonchev–Trinajstić information content (AvgIpc) is 2.71. The van der Waals surface area contributed by atoms with Gasteiger partial charge in [-0.15, -0.1) is 0 Å². The Hall–Kier alpha value is -2.70. The molecule has 2 amide bonds. The third-order valence-corrected chi connectivity index (χ3v) is 3.57. The summed E-state index contributed by atoms with van der Waals surface area (Å²) in [7, 11) is 0. The highest BCUT2D eigenvalue weighted by Gasteiger charge is 2.22. The summed E-state index contributed by atoms with van der Waals surface area (Å²) in [5.74, 6) is -0.593. The molecule has 1 unspecified atom stereocenters. The molecule has 1 atom stereocenters. The lowest BCUT2D eigenvalue weighted by Crippen LogP contribution is -2.32. The van der Waals surface area contributed by atoms with Crippen molar-refractivity contribution in [1.82, 2.24) is 10.3 Å². The molecule has 3 rings (SSSR count). The first kappa shape index (κ1) is 15.2. The zero-order valence-corrected chi connectivity index (χ0v) is 12.2. The van der Waals surface area contributed by atoms with E-state index in [-0.39, 0.29) is 11.7 Å². The van der Waals surface area contributed by atoms with Crippen molar-refractivity contribution in [3.63, 3.8) is 0 Å². The van der Waals surface area contributed by atoms with Crippen molar-refractivity contribution in [3.8, 4) is 5.75 Å².